The molecule has 0 aromatic heterocycles. The van der Waals surface area contributed by atoms with Gasteiger partial charge in [-0.25, -0.2) is 13.6 Å². The Bertz CT molecular complexity index is 366. The van der Waals surface area contributed by atoms with Crippen LogP contribution < -0.4 is 10.5 Å². The highest BCUT2D eigenvalue weighted by molar-refractivity contribution is 7.89. The van der Waals surface area contributed by atoms with Crippen LogP contribution in [-0.4, -0.2) is 37.7 Å². The number of hydrogen-bond acceptors (Lipinski definition) is 4. The maximum atomic E-state index is 11.3. The number of carboxylic acid groups (broad SMARTS) is 1. The number of carboxylic acids is 1. The summed E-state index contributed by atoms with van der Waals surface area (Å²) in [6.07, 6.45) is 0.296. The Balaban J connectivity index is 3.70. The van der Waals surface area contributed by atoms with Crippen LogP contribution in [0.5, 0.6) is 0 Å². The van der Waals surface area contributed by atoms with Gasteiger partial charge in [0.1, 0.15) is 0 Å². The highest BCUT2D eigenvalue weighted by atomic mass is 32.2. The summed E-state index contributed by atoms with van der Waals surface area (Å²) < 4.78 is 21.1. The van der Waals surface area contributed by atoms with Crippen LogP contribution in [0.25, 0.3) is 0 Å². The van der Waals surface area contributed by atoms with Crippen LogP contribution in [0.4, 0.5) is 0 Å². The van der Waals surface area contributed by atoms with Gasteiger partial charge >= 0.3 is 5.97 Å². The monoisotopic (exact) mass is 266 g/mol. The van der Waals surface area contributed by atoms with E-state index < -0.39 is 16.0 Å². The van der Waals surface area contributed by atoms with Gasteiger partial charge in [-0.3, -0.25) is 9.59 Å². The molecule has 0 rings (SSSR count). The fourth-order valence-electron chi connectivity index (χ4n) is 1.26. The zero-order chi connectivity index (χ0) is 13.5. The molecule has 1 amide bonds. The summed E-state index contributed by atoms with van der Waals surface area (Å²) in [7, 11) is -3.49. The Morgan fingerprint density at radius 2 is 1.94 bits per heavy atom. The van der Waals surface area contributed by atoms with Crippen molar-refractivity contribution in [1.29, 1.82) is 0 Å². The van der Waals surface area contributed by atoms with E-state index in [0.717, 1.165) is 0 Å². The summed E-state index contributed by atoms with van der Waals surface area (Å²) in [5, 5.41) is 15.8. The average Bonchev–Trinajstić information content (AvgIpc) is 2.09. The van der Waals surface area contributed by atoms with Crippen molar-refractivity contribution < 1.29 is 23.1 Å². The van der Waals surface area contributed by atoms with Crippen LogP contribution in [-0.2, 0) is 19.6 Å². The minimum absolute atomic E-state index is 0.0649. The Hall–Kier alpha value is -1.15. The fourth-order valence-corrected chi connectivity index (χ4v) is 1.81. The molecule has 0 heterocycles. The van der Waals surface area contributed by atoms with Gasteiger partial charge < -0.3 is 10.4 Å². The second-order valence-electron chi connectivity index (χ2n) is 3.98. The molecule has 0 spiro atoms. The van der Waals surface area contributed by atoms with Crippen molar-refractivity contribution in [3.8, 4) is 0 Å². The quantitative estimate of drug-likeness (QED) is 0.500. The first-order valence-electron chi connectivity index (χ1n) is 5.19. The van der Waals surface area contributed by atoms with E-state index in [2.05, 4.69) is 5.32 Å². The summed E-state index contributed by atoms with van der Waals surface area (Å²) in [5.41, 5.74) is 0. The molecule has 17 heavy (non-hydrogen) atoms. The molecule has 1 atom stereocenters. The first-order valence-corrected chi connectivity index (χ1v) is 6.91. The molecule has 0 aliphatic heterocycles. The summed E-state index contributed by atoms with van der Waals surface area (Å²) >= 11 is 0. The van der Waals surface area contributed by atoms with Crippen LogP contribution in [0.15, 0.2) is 0 Å². The predicted molar refractivity (Wildman–Crippen MR) is 61.6 cm³/mol. The zero-order valence-corrected chi connectivity index (χ0v) is 10.5. The number of hydrogen-bond donors (Lipinski definition) is 3. The van der Waals surface area contributed by atoms with Crippen LogP contribution in [0.3, 0.4) is 0 Å². The normalized spacial score (nSPS) is 13.1. The molecule has 4 N–H and O–H groups in total. The number of nitrogens with two attached hydrogens (primary N) is 1. The third-order valence-corrected chi connectivity index (χ3v) is 2.84. The molecule has 8 heteroatoms. The number of primary sulfonamides is 1. The molecule has 0 aliphatic carbocycles. The van der Waals surface area contributed by atoms with E-state index in [0.29, 0.717) is 0 Å². The fraction of sp³-hybridized carbons (Fsp3) is 0.778. The van der Waals surface area contributed by atoms with Crippen molar-refractivity contribution >= 4 is 21.9 Å². The first-order chi connectivity index (χ1) is 7.70. The van der Waals surface area contributed by atoms with Crippen LogP contribution in [0.2, 0.25) is 0 Å². The molecule has 0 bridgehead atoms. The Labute approximate surface area is 100 Å². The van der Waals surface area contributed by atoms with Crippen LogP contribution in [0, 0.1) is 5.92 Å². The number of rotatable bonds is 8. The van der Waals surface area contributed by atoms with E-state index in [4.69, 9.17) is 10.2 Å². The third-order valence-electron chi connectivity index (χ3n) is 1.98. The van der Waals surface area contributed by atoms with Gasteiger partial charge in [0.05, 0.1) is 5.75 Å². The lowest BCUT2D eigenvalue weighted by Crippen LogP contribution is -2.28. The highest BCUT2D eigenvalue weighted by Crippen LogP contribution is 2.06. The van der Waals surface area contributed by atoms with Gasteiger partial charge in [0.15, 0.2) is 0 Å². The Kier molecular flexibility index (Phi) is 6.74. The van der Waals surface area contributed by atoms with Crippen LogP contribution >= 0.6 is 0 Å². The van der Waals surface area contributed by atoms with Crippen molar-refractivity contribution in [2.75, 3.05) is 12.3 Å². The van der Waals surface area contributed by atoms with E-state index in [1.54, 1.807) is 6.92 Å². The molecule has 0 radical (unpaired) electrons. The lowest BCUT2D eigenvalue weighted by atomic mass is 10.0. The molecule has 100 valence electrons. The van der Waals surface area contributed by atoms with Gasteiger partial charge in [-0.05, 0) is 12.3 Å². The molecular formula is C9H18N2O5S. The molecular weight excluding hydrogens is 248 g/mol. The van der Waals surface area contributed by atoms with E-state index in [-0.39, 0.29) is 43.4 Å². The molecule has 0 aromatic rings. The van der Waals surface area contributed by atoms with E-state index in [9.17, 15) is 18.0 Å². The standard InChI is InChI=1S/C9H18N2O5S/c1-7(6-9(13)14)5-8(12)11-3-2-4-17(10,15)16/h7H,2-6H2,1H3,(H,11,12)(H,13,14)(H2,10,15,16). The smallest absolute Gasteiger partial charge is 0.303 e. The number of nitrogens with one attached hydrogen (secondary N) is 1. The van der Waals surface area contributed by atoms with E-state index in [1.165, 1.54) is 0 Å². The van der Waals surface area contributed by atoms with E-state index >= 15 is 0 Å². The highest BCUT2D eigenvalue weighted by Gasteiger charge is 2.12. The average molecular weight is 266 g/mol. The summed E-state index contributed by atoms with van der Waals surface area (Å²) in [6, 6.07) is 0. The van der Waals surface area contributed by atoms with Gasteiger partial charge in [0.2, 0.25) is 15.9 Å². The molecule has 7 nitrogen and oxygen atoms in total. The maximum absolute atomic E-state index is 11.3. The molecule has 0 aromatic carbocycles. The largest absolute Gasteiger partial charge is 0.481 e. The summed E-state index contributed by atoms with van der Waals surface area (Å²) in [4.78, 5) is 21.6. The molecule has 0 saturated carbocycles. The van der Waals surface area contributed by atoms with Crippen molar-refractivity contribution in [2.45, 2.75) is 26.2 Å². The minimum Gasteiger partial charge on any atom is -0.481 e. The van der Waals surface area contributed by atoms with Gasteiger partial charge in [-0.2, -0.15) is 0 Å². The Morgan fingerprint density at radius 1 is 1.35 bits per heavy atom. The number of carbonyl (C=O) groups is 2. The SMILES string of the molecule is CC(CC(=O)O)CC(=O)NCCCS(N)(=O)=O. The van der Waals surface area contributed by atoms with Crippen molar-refractivity contribution in [3.63, 3.8) is 0 Å². The lowest BCUT2D eigenvalue weighted by Gasteiger charge is -2.08. The van der Waals surface area contributed by atoms with Crippen LogP contribution in [0.1, 0.15) is 26.2 Å². The van der Waals surface area contributed by atoms with Crippen molar-refractivity contribution in [2.24, 2.45) is 11.1 Å². The topological polar surface area (TPSA) is 127 Å². The summed E-state index contributed by atoms with van der Waals surface area (Å²) in [5.74, 6) is -1.66. The van der Waals surface area contributed by atoms with Crippen molar-refractivity contribution in [1.82, 2.24) is 5.32 Å². The van der Waals surface area contributed by atoms with Gasteiger partial charge in [0.25, 0.3) is 0 Å². The number of amides is 1. The third kappa shape index (κ3) is 11.1. The zero-order valence-electron chi connectivity index (χ0n) is 9.68. The molecule has 0 fully saturated rings. The minimum atomic E-state index is -3.49. The summed E-state index contributed by atoms with van der Waals surface area (Å²) in [6.45, 7) is 1.88. The number of aliphatic carboxylic acids is 1. The van der Waals surface area contributed by atoms with E-state index in [1.807, 2.05) is 0 Å². The predicted octanol–water partition coefficient (Wildman–Crippen LogP) is -0.718. The first kappa shape index (κ1) is 15.9. The second-order valence-corrected chi connectivity index (χ2v) is 5.71. The molecule has 0 saturated heterocycles. The lowest BCUT2D eigenvalue weighted by molar-refractivity contribution is -0.138. The van der Waals surface area contributed by atoms with Crippen molar-refractivity contribution in [3.05, 3.63) is 0 Å². The number of carbonyl (C=O) groups excluding carboxylic acids is 1. The molecule has 1 unspecified atom stereocenters. The number of sulfonamides is 1. The second kappa shape index (κ2) is 7.23. The Morgan fingerprint density at radius 3 is 2.41 bits per heavy atom. The maximum Gasteiger partial charge on any atom is 0.303 e. The molecule has 0 aliphatic rings. The van der Waals surface area contributed by atoms with Gasteiger partial charge in [0, 0.05) is 19.4 Å². The van der Waals surface area contributed by atoms with Gasteiger partial charge in [-0.1, -0.05) is 6.92 Å². The van der Waals surface area contributed by atoms with Gasteiger partial charge in [-0.15, -0.1) is 0 Å².